The van der Waals surface area contributed by atoms with Gasteiger partial charge >= 0.3 is 8.80 Å². The molecule has 1 atom stereocenters. The van der Waals surface area contributed by atoms with E-state index >= 15 is 0 Å². The van der Waals surface area contributed by atoms with Crippen molar-refractivity contribution in [2.75, 3.05) is 48.5 Å². The topological polar surface area (TPSA) is 27.7 Å². The van der Waals surface area contributed by atoms with Crippen molar-refractivity contribution in [1.82, 2.24) is 0 Å². The molecular formula is C26H58ClNO3Si. The molecule has 0 radical (unpaired) electrons. The summed E-state index contributed by atoms with van der Waals surface area (Å²) < 4.78 is 18.0. The molecule has 0 bridgehead atoms. The summed E-state index contributed by atoms with van der Waals surface area (Å²) in [6.45, 7) is 6.74. The SMILES string of the molecule is CCCCCCCCCCCCCCCCCC[N+](C)(C)CC(C)[Si](OC)(OC)OC.[Cl-]. The van der Waals surface area contributed by atoms with E-state index in [4.69, 9.17) is 13.3 Å². The highest BCUT2D eigenvalue weighted by molar-refractivity contribution is 6.62. The standard InChI is InChI=1S/C26H58NO3Si.ClH/c1-8-9-10-11-12-13-14-15-16-17-18-19-20-21-22-23-24-27(3,4)25-26(2)31(28-5,29-6)30-7;/h26H,8-25H2,1-7H3;1H/q+1;/p-1. The van der Waals surface area contributed by atoms with Crippen LogP contribution in [0, 0.1) is 0 Å². The third-order valence-electron chi connectivity index (χ3n) is 6.84. The lowest BCUT2D eigenvalue weighted by Crippen LogP contribution is -3.00. The van der Waals surface area contributed by atoms with Crippen LogP contribution in [0.15, 0.2) is 0 Å². The van der Waals surface area contributed by atoms with Gasteiger partial charge < -0.3 is 30.2 Å². The maximum absolute atomic E-state index is 5.66. The molecule has 32 heavy (non-hydrogen) atoms. The summed E-state index contributed by atoms with van der Waals surface area (Å²) in [4.78, 5) is 0. The van der Waals surface area contributed by atoms with E-state index in [1.807, 2.05) is 0 Å². The van der Waals surface area contributed by atoms with Crippen LogP contribution in [0.3, 0.4) is 0 Å². The summed E-state index contributed by atoms with van der Waals surface area (Å²) in [6, 6.07) is 0. The van der Waals surface area contributed by atoms with E-state index in [0.717, 1.165) is 11.0 Å². The molecule has 6 heteroatoms. The molecule has 0 rings (SSSR count). The lowest BCUT2D eigenvalue weighted by molar-refractivity contribution is -0.890. The average Bonchev–Trinajstić information content (AvgIpc) is 2.74. The fraction of sp³-hybridized carbons (Fsp3) is 1.00. The highest BCUT2D eigenvalue weighted by Crippen LogP contribution is 2.26. The Balaban J connectivity index is 0. The lowest BCUT2D eigenvalue weighted by Gasteiger charge is -2.37. The van der Waals surface area contributed by atoms with Crippen molar-refractivity contribution in [2.45, 2.75) is 122 Å². The van der Waals surface area contributed by atoms with Crippen molar-refractivity contribution in [3.8, 4) is 0 Å². The number of unbranched alkanes of at least 4 members (excludes halogenated alkanes) is 15. The second-order valence-corrected chi connectivity index (χ2v) is 13.7. The monoisotopic (exact) mass is 495 g/mol. The first-order valence-electron chi connectivity index (χ1n) is 13.3. The van der Waals surface area contributed by atoms with Gasteiger partial charge in [0.15, 0.2) is 0 Å². The third-order valence-corrected chi connectivity index (χ3v) is 9.94. The second kappa shape index (κ2) is 21.9. The number of hydrogen-bond donors (Lipinski definition) is 0. The van der Waals surface area contributed by atoms with Gasteiger partial charge in [-0.1, -0.05) is 104 Å². The summed E-state index contributed by atoms with van der Waals surface area (Å²) in [5.74, 6) is 0. The van der Waals surface area contributed by atoms with E-state index in [0.29, 0.717) is 5.54 Å². The summed E-state index contributed by atoms with van der Waals surface area (Å²) >= 11 is 0. The van der Waals surface area contributed by atoms with Gasteiger partial charge in [0, 0.05) is 21.3 Å². The van der Waals surface area contributed by atoms with Crippen LogP contribution in [0.25, 0.3) is 0 Å². The smallest absolute Gasteiger partial charge is 0.508 e. The minimum atomic E-state index is -2.54. The molecule has 0 aromatic heterocycles. The van der Waals surface area contributed by atoms with Crippen molar-refractivity contribution < 1.29 is 30.2 Å². The van der Waals surface area contributed by atoms with Gasteiger partial charge in [0.2, 0.25) is 0 Å². The lowest BCUT2D eigenvalue weighted by atomic mass is 10.0. The van der Waals surface area contributed by atoms with E-state index in [1.165, 1.54) is 109 Å². The first-order chi connectivity index (χ1) is 14.9. The molecular weight excluding hydrogens is 438 g/mol. The minimum Gasteiger partial charge on any atom is -1.00 e. The predicted octanol–water partition coefficient (Wildman–Crippen LogP) is 4.60. The van der Waals surface area contributed by atoms with Gasteiger partial charge in [-0.15, -0.1) is 0 Å². The molecule has 0 aliphatic carbocycles. The first-order valence-corrected chi connectivity index (χ1v) is 15.1. The van der Waals surface area contributed by atoms with E-state index in [1.54, 1.807) is 21.3 Å². The largest absolute Gasteiger partial charge is 1.00 e. The van der Waals surface area contributed by atoms with E-state index in [2.05, 4.69) is 27.9 Å². The zero-order valence-corrected chi connectivity index (χ0v) is 24.6. The Hall–Kier alpha value is 0.347. The van der Waals surface area contributed by atoms with Gasteiger partial charge in [-0.2, -0.15) is 0 Å². The molecule has 0 saturated heterocycles. The molecule has 0 spiro atoms. The summed E-state index contributed by atoms with van der Waals surface area (Å²) in [6.07, 6.45) is 22.8. The van der Waals surface area contributed by atoms with Crippen LogP contribution >= 0.6 is 0 Å². The van der Waals surface area contributed by atoms with Crippen LogP contribution in [0.5, 0.6) is 0 Å². The maximum atomic E-state index is 5.66. The third kappa shape index (κ3) is 16.9. The van der Waals surface area contributed by atoms with E-state index in [9.17, 15) is 0 Å². The Morgan fingerprint density at radius 3 is 1.22 bits per heavy atom. The van der Waals surface area contributed by atoms with Gasteiger partial charge in [-0.05, 0) is 12.8 Å². The van der Waals surface area contributed by atoms with Crippen molar-refractivity contribution in [3.05, 3.63) is 0 Å². The zero-order chi connectivity index (χ0) is 23.4. The highest BCUT2D eigenvalue weighted by atomic mass is 35.5. The Labute approximate surface area is 209 Å². The van der Waals surface area contributed by atoms with Crippen molar-refractivity contribution in [3.63, 3.8) is 0 Å². The number of quaternary nitrogens is 1. The molecule has 0 amide bonds. The Morgan fingerprint density at radius 1 is 0.594 bits per heavy atom. The average molecular weight is 496 g/mol. The molecule has 0 saturated carbocycles. The highest BCUT2D eigenvalue weighted by Gasteiger charge is 2.47. The fourth-order valence-corrected chi connectivity index (χ4v) is 7.31. The predicted molar refractivity (Wildman–Crippen MR) is 138 cm³/mol. The quantitative estimate of drug-likeness (QED) is 0.118. The number of hydrogen-bond acceptors (Lipinski definition) is 3. The van der Waals surface area contributed by atoms with Gasteiger partial charge in [-0.3, -0.25) is 0 Å². The molecule has 0 aromatic carbocycles. The van der Waals surface area contributed by atoms with Crippen LogP contribution in [0.4, 0.5) is 0 Å². The Kier molecular flexibility index (Phi) is 23.6. The van der Waals surface area contributed by atoms with Crippen molar-refractivity contribution >= 4 is 8.80 Å². The number of nitrogens with zero attached hydrogens (tertiary/aromatic N) is 1. The molecule has 0 N–H and O–H groups in total. The van der Waals surface area contributed by atoms with Gasteiger partial charge in [0.1, 0.15) is 0 Å². The normalized spacial score (nSPS) is 13.2. The van der Waals surface area contributed by atoms with Crippen molar-refractivity contribution in [1.29, 1.82) is 0 Å². The van der Waals surface area contributed by atoms with Gasteiger partial charge in [0.25, 0.3) is 0 Å². The molecule has 0 aliphatic rings. The Morgan fingerprint density at radius 2 is 0.906 bits per heavy atom. The van der Waals surface area contributed by atoms with E-state index in [-0.39, 0.29) is 12.4 Å². The van der Waals surface area contributed by atoms with Crippen LogP contribution in [-0.2, 0) is 13.3 Å². The van der Waals surface area contributed by atoms with Crippen LogP contribution < -0.4 is 12.4 Å². The number of rotatable bonds is 23. The summed E-state index contributed by atoms with van der Waals surface area (Å²) in [5.41, 5.74) is 0.295. The van der Waals surface area contributed by atoms with E-state index < -0.39 is 8.80 Å². The molecule has 0 aliphatic heterocycles. The molecule has 0 heterocycles. The maximum Gasteiger partial charge on any atom is 0.508 e. The molecule has 196 valence electrons. The van der Waals surface area contributed by atoms with Gasteiger partial charge in [0.05, 0.1) is 32.7 Å². The van der Waals surface area contributed by atoms with Crippen LogP contribution in [0.2, 0.25) is 5.54 Å². The minimum absolute atomic E-state index is 0. The Bertz CT molecular complexity index is 387. The van der Waals surface area contributed by atoms with Crippen molar-refractivity contribution in [2.24, 2.45) is 0 Å². The fourth-order valence-electron chi connectivity index (χ4n) is 4.89. The van der Waals surface area contributed by atoms with Crippen LogP contribution in [0.1, 0.15) is 117 Å². The summed E-state index contributed by atoms with van der Waals surface area (Å²) in [7, 11) is 7.25. The first kappa shape index (κ1) is 34.5. The number of halogens is 1. The van der Waals surface area contributed by atoms with Crippen LogP contribution in [-0.4, -0.2) is 61.8 Å². The molecule has 0 fully saturated rings. The second-order valence-electron chi connectivity index (χ2n) is 10.3. The summed E-state index contributed by atoms with van der Waals surface area (Å²) in [5, 5.41) is 0. The molecule has 4 nitrogen and oxygen atoms in total. The molecule has 0 aromatic rings. The van der Waals surface area contributed by atoms with Gasteiger partial charge in [-0.25, -0.2) is 0 Å². The zero-order valence-electron chi connectivity index (χ0n) is 22.9. The molecule has 1 unspecified atom stereocenters.